The smallest absolute Gasteiger partial charge is 0.0731 e. The highest BCUT2D eigenvalue weighted by atomic mass is 16.5. The minimum Gasteiger partial charge on any atom is -0.375 e. The van der Waals surface area contributed by atoms with E-state index in [-0.39, 0.29) is 0 Å². The third-order valence-corrected chi connectivity index (χ3v) is 4.24. The summed E-state index contributed by atoms with van der Waals surface area (Å²) in [5, 5.41) is 3.58. The number of hydrogen-bond donors (Lipinski definition) is 1. The van der Waals surface area contributed by atoms with Crippen LogP contribution in [0.15, 0.2) is 0 Å². The van der Waals surface area contributed by atoms with E-state index in [1.165, 1.54) is 38.6 Å². The standard InChI is InChI=1S/C14H28N2O/c1-3-4-8-15-11-12(2)16-9-10-17-14-7-5-6-13(14)16/h12-15H,3-11H2,1-2H3. The summed E-state index contributed by atoms with van der Waals surface area (Å²) < 4.78 is 5.86. The molecule has 3 unspecified atom stereocenters. The van der Waals surface area contributed by atoms with Gasteiger partial charge in [0.25, 0.3) is 0 Å². The number of morpholine rings is 1. The van der Waals surface area contributed by atoms with Crippen molar-refractivity contribution in [2.24, 2.45) is 0 Å². The van der Waals surface area contributed by atoms with Crippen molar-refractivity contribution in [2.75, 3.05) is 26.2 Å². The normalized spacial score (nSPS) is 31.4. The molecule has 0 aromatic heterocycles. The molecule has 2 aliphatic rings. The van der Waals surface area contributed by atoms with E-state index < -0.39 is 0 Å². The van der Waals surface area contributed by atoms with Gasteiger partial charge in [-0.15, -0.1) is 0 Å². The molecule has 1 aliphatic carbocycles. The number of unbranched alkanes of at least 4 members (excludes halogenated alkanes) is 1. The summed E-state index contributed by atoms with van der Waals surface area (Å²) in [4.78, 5) is 2.68. The molecule has 0 radical (unpaired) electrons. The van der Waals surface area contributed by atoms with Gasteiger partial charge < -0.3 is 10.1 Å². The number of fused-ring (bicyclic) bond motifs is 1. The molecule has 2 rings (SSSR count). The number of rotatable bonds is 6. The van der Waals surface area contributed by atoms with E-state index in [1.54, 1.807) is 0 Å². The molecule has 3 nitrogen and oxygen atoms in total. The Balaban J connectivity index is 1.75. The van der Waals surface area contributed by atoms with Gasteiger partial charge in [0.2, 0.25) is 0 Å². The molecular formula is C14H28N2O. The molecule has 3 heteroatoms. The molecule has 2 fully saturated rings. The number of nitrogens with zero attached hydrogens (tertiary/aromatic N) is 1. The highest BCUT2D eigenvalue weighted by Crippen LogP contribution is 2.30. The maximum Gasteiger partial charge on any atom is 0.0731 e. The Kier molecular flexibility index (Phi) is 5.26. The lowest BCUT2D eigenvalue weighted by atomic mass is 10.1. The van der Waals surface area contributed by atoms with Crippen LogP contribution >= 0.6 is 0 Å². The second-order valence-corrected chi connectivity index (χ2v) is 5.55. The summed E-state index contributed by atoms with van der Waals surface area (Å²) in [6.45, 7) is 8.95. The van der Waals surface area contributed by atoms with Crippen LogP contribution in [0.1, 0.15) is 46.0 Å². The van der Waals surface area contributed by atoms with Gasteiger partial charge in [0.15, 0.2) is 0 Å². The highest BCUT2D eigenvalue weighted by molar-refractivity contribution is 4.91. The van der Waals surface area contributed by atoms with Gasteiger partial charge >= 0.3 is 0 Å². The molecule has 1 heterocycles. The lowest BCUT2D eigenvalue weighted by molar-refractivity contribution is -0.0687. The van der Waals surface area contributed by atoms with E-state index in [1.807, 2.05) is 0 Å². The quantitative estimate of drug-likeness (QED) is 0.719. The van der Waals surface area contributed by atoms with Gasteiger partial charge in [-0.1, -0.05) is 13.3 Å². The summed E-state index contributed by atoms with van der Waals surface area (Å²) in [5.74, 6) is 0. The third-order valence-electron chi connectivity index (χ3n) is 4.24. The molecule has 0 aromatic rings. The molecule has 0 spiro atoms. The maximum atomic E-state index is 5.86. The molecule has 0 amide bonds. The predicted molar refractivity (Wildman–Crippen MR) is 71.3 cm³/mol. The first-order valence-corrected chi connectivity index (χ1v) is 7.41. The van der Waals surface area contributed by atoms with Crippen LogP contribution in [0.5, 0.6) is 0 Å². The first kappa shape index (κ1) is 13.3. The average Bonchev–Trinajstić information content (AvgIpc) is 2.82. The summed E-state index contributed by atoms with van der Waals surface area (Å²) >= 11 is 0. The largest absolute Gasteiger partial charge is 0.375 e. The second-order valence-electron chi connectivity index (χ2n) is 5.55. The molecule has 100 valence electrons. The van der Waals surface area contributed by atoms with Crippen LogP contribution in [0, 0.1) is 0 Å². The molecule has 0 aromatic carbocycles. The van der Waals surface area contributed by atoms with E-state index in [4.69, 9.17) is 4.74 Å². The lowest BCUT2D eigenvalue weighted by Crippen LogP contribution is -2.54. The van der Waals surface area contributed by atoms with E-state index in [0.29, 0.717) is 18.2 Å². The fourth-order valence-corrected chi connectivity index (χ4v) is 3.23. The minimum absolute atomic E-state index is 0.529. The van der Waals surface area contributed by atoms with Gasteiger partial charge in [-0.2, -0.15) is 0 Å². The van der Waals surface area contributed by atoms with Crippen LogP contribution in [-0.2, 0) is 4.74 Å². The monoisotopic (exact) mass is 240 g/mol. The van der Waals surface area contributed by atoms with Crippen LogP contribution in [0.25, 0.3) is 0 Å². The zero-order chi connectivity index (χ0) is 12.1. The van der Waals surface area contributed by atoms with Crippen molar-refractivity contribution in [3.63, 3.8) is 0 Å². The van der Waals surface area contributed by atoms with Crippen LogP contribution in [0.4, 0.5) is 0 Å². The summed E-state index contributed by atoms with van der Waals surface area (Å²) in [5.41, 5.74) is 0. The lowest BCUT2D eigenvalue weighted by Gasteiger charge is -2.41. The fraction of sp³-hybridized carbons (Fsp3) is 1.00. The first-order chi connectivity index (χ1) is 8.33. The Labute approximate surface area is 106 Å². The van der Waals surface area contributed by atoms with Crippen molar-refractivity contribution >= 4 is 0 Å². The maximum absolute atomic E-state index is 5.86. The second kappa shape index (κ2) is 6.72. The predicted octanol–water partition coefficient (Wildman–Crippen LogP) is 2.02. The topological polar surface area (TPSA) is 24.5 Å². The molecule has 3 atom stereocenters. The van der Waals surface area contributed by atoms with Crippen molar-refractivity contribution < 1.29 is 4.74 Å². The number of ether oxygens (including phenoxy) is 1. The highest BCUT2D eigenvalue weighted by Gasteiger charge is 2.37. The van der Waals surface area contributed by atoms with Crippen LogP contribution in [0.2, 0.25) is 0 Å². The van der Waals surface area contributed by atoms with Crippen LogP contribution in [0.3, 0.4) is 0 Å². The Morgan fingerprint density at radius 2 is 2.29 bits per heavy atom. The van der Waals surface area contributed by atoms with Crippen molar-refractivity contribution in [2.45, 2.75) is 64.1 Å². The third kappa shape index (κ3) is 3.43. The van der Waals surface area contributed by atoms with Gasteiger partial charge in [0.1, 0.15) is 0 Å². The Morgan fingerprint density at radius 1 is 1.41 bits per heavy atom. The van der Waals surface area contributed by atoms with E-state index in [2.05, 4.69) is 24.1 Å². The minimum atomic E-state index is 0.529. The molecular weight excluding hydrogens is 212 g/mol. The molecule has 0 bridgehead atoms. The summed E-state index contributed by atoms with van der Waals surface area (Å²) in [6.07, 6.45) is 7.07. The van der Waals surface area contributed by atoms with Gasteiger partial charge in [0, 0.05) is 25.2 Å². The molecule has 1 saturated carbocycles. The Hall–Kier alpha value is -0.120. The van der Waals surface area contributed by atoms with Crippen molar-refractivity contribution in [1.29, 1.82) is 0 Å². The van der Waals surface area contributed by atoms with Crippen molar-refractivity contribution in [3.05, 3.63) is 0 Å². The van der Waals surface area contributed by atoms with E-state index in [9.17, 15) is 0 Å². The molecule has 1 saturated heterocycles. The van der Waals surface area contributed by atoms with E-state index >= 15 is 0 Å². The molecule has 1 aliphatic heterocycles. The van der Waals surface area contributed by atoms with Crippen molar-refractivity contribution in [3.8, 4) is 0 Å². The van der Waals surface area contributed by atoms with Gasteiger partial charge in [0.05, 0.1) is 12.7 Å². The SMILES string of the molecule is CCCCNCC(C)N1CCOC2CCCC21. The summed E-state index contributed by atoms with van der Waals surface area (Å²) in [7, 11) is 0. The molecule has 17 heavy (non-hydrogen) atoms. The zero-order valence-corrected chi connectivity index (χ0v) is 11.5. The Morgan fingerprint density at radius 3 is 3.12 bits per heavy atom. The van der Waals surface area contributed by atoms with E-state index in [0.717, 1.165) is 19.7 Å². The number of nitrogens with one attached hydrogen (secondary N) is 1. The zero-order valence-electron chi connectivity index (χ0n) is 11.5. The number of hydrogen-bond acceptors (Lipinski definition) is 3. The average molecular weight is 240 g/mol. The van der Waals surface area contributed by atoms with Gasteiger partial charge in [-0.05, 0) is 39.2 Å². The van der Waals surface area contributed by atoms with Crippen molar-refractivity contribution in [1.82, 2.24) is 10.2 Å². The fourth-order valence-electron chi connectivity index (χ4n) is 3.23. The van der Waals surface area contributed by atoms with Gasteiger partial charge in [-0.3, -0.25) is 4.90 Å². The van der Waals surface area contributed by atoms with Crippen LogP contribution < -0.4 is 5.32 Å². The first-order valence-electron chi connectivity index (χ1n) is 7.41. The van der Waals surface area contributed by atoms with Gasteiger partial charge in [-0.25, -0.2) is 0 Å². The molecule has 1 N–H and O–H groups in total. The Bertz CT molecular complexity index is 222. The van der Waals surface area contributed by atoms with Crippen LogP contribution in [-0.4, -0.2) is 49.3 Å². The summed E-state index contributed by atoms with van der Waals surface area (Å²) in [6, 6.07) is 1.35.